The Balaban J connectivity index is 1.46. The van der Waals surface area contributed by atoms with Crippen molar-refractivity contribution in [1.29, 1.82) is 0 Å². The van der Waals surface area contributed by atoms with Crippen LogP contribution in [-0.2, 0) is 28.9 Å². The van der Waals surface area contributed by atoms with Gasteiger partial charge in [-0.15, -0.1) is 0 Å². The first-order valence-electron chi connectivity index (χ1n) is 11.1. The van der Waals surface area contributed by atoms with E-state index >= 15 is 0 Å². The Morgan fingerprint density at radius 2 is 1.94 bits per heavy atom. The molecular weight excluding hydrogens is 406 g/mol. The zero-order chi connectivity index (χ0) is 22.5. The molecule has 0 unspecified atom stereocenters. The number of esters is 1. The third-order valence-corrected chi connectivity index (χ3v) is 5.76. The normalized spacial score (nSPS) is 13.7. The topological polar surface area (TPSA) is 90.3 Å². The van der Waals surface area contributed by atoms with Crippen LogP contribution in [-0.4, -0.2) is 28.0 Å². The number of hydrogen-bond donors (Lipinski definition) is 1. The minimum Gasteiger partial charge on any atom is -0.452 e. The maximum absolute atomic E-state index is 12.9. The molecule has 0 bridgehead atoms. The van der Waals surface area contributed by atoms with Crippen LogP contribution in [0.15, 0.2) is 47.3 Å². The molecule has 1 N–H and O–H groups in total. The van der Waals surface area contributed by atoms with Gasteiger partial charge in [0.2, 0.25) is 0 Å². The van der Waals surface area contributed by atoms with Crippen molar-refractivity contribution in [2.45, 2.75) is 52.0 Å². The highest BCUT2D eigenvalue weighted by molar-refractivity contribution is 5.97. The molecule has 0 radical (unpaired) electrons. The molecule has 0 aliphatic carbocycles. The second kappa shape index (κ2) is 9.77. The van der Waals surface area contributed by atoms with Crippen molar-refractivity contribution in [2.75, 3.05) is 11.9 Å². The number of nitrogens with one attached hydrogen (secondary N) is 1. The average molecular weight is 434 g/mol. The van der Waals surface area contributed by atoms with Crippen molar-refractivity contribution in [1.82, 2.24) is 9.55 Å². The van der Waals surface area contributed by atoms with Crippen molar-refractivity contribution in [3.05, 3.63) is 69.8 Å². The number of carbonyl (C=O) groups excluding carboxylic acids is 2. The van der Waals surface area contributed by atoms with Crippen LogP contribution >= 0.6 is 0 Å². The van der Waals surface area contributed by atoms with Crippen LogP contribution in [0, 0.1) is 0 Å². The fraction of sp³-hybridized carbons (Fsp3) is 0.360. The van der Waals surface area contributed by atoms with Gasteiger partial charge in [0.1, 0.15) is 5.82 Å². The Kier molecular flexibility index (Phi) is 6.63. The van der Waals surface area contributed by atoms with Gasteiger partial charge in [0.05, 0.1) is 16.5 Å². The van der Waals surface area contributed by atoms with Gasteiger partial charge in [-0.05, 0) is 55.2 Å². The van der Waals surface area contributed by atoms with Gasteiger partial charge >= 0.3 is 5.97 Å². The lowest BCUT2D eigenvalue weighted by Gasteiger charge is -2.16. The largest absolute Gasteiger partial charge is 0.452 e. The molecular formula is C25H27N3O4. The molecule has 1 aliphatic rings. The summed E-state index contributed by atoms with van der Waals surface area (Å²) in [4.78, 5) is 42.3. The van der Waals surface area contributed by atoms with Crippen molar-refractivity contribution in [3.63, 3.8) is 0 Å². The maximum Gasteiger partial charge on any atom is 0.338 e. The Hall–Kier alpha value is -3.48. The monoisotopic (exact) mass is 433 g/mol. The SMILES string of the molecule is CCc1cccc(NC(=O)COC(=O)c2ccc3c(=O)n4c(nc3c2)CCCCCC4)c1. The number of nitrogens with zero attached hydrogens (tertiary/aromatic N) is 2. The van der Waals surface area contributed by atoms with Crippen LogP contribution in [0.25, 0.3) is 10.9 Å². The molecule has 1 amide bonds. The number of benzene rings is 2. The fourth-order valence-corrected chi connectivity index (χ4v) is 4.00. The van der Waals surface area contributed by atoms with E-state index in [4.69, 9.17) is 4.74 Å². The molecule has 7 heteroatoms. The van der Waals surface area contributed by atoms with E-state index in [0.717, 1.165) is 49.9 Å². The van der Waals surface area contributed by atoms with Gasteiger partial charge in [-0.25, -0.2) is 9.78 Å². The van der Waals surface area contributed by atoms with E-state index in [0.29, 0.717) is 23.1 Å². The molecule has 166 valence electrons. The molecule has 2 heterocycles. The third kappa shape index (κ3) is 4.88. The number of rotatable bonds is 5. The summed E-state index contributed by atoms with van der Waals surface area (Å²) < 4.78 is 6.95. The molecule has 1 aliphatic heterocycles. The predicted octanol–water partition coefficient (Wildman–Crippen LogP) is 3.87. The van der Waals surface area contributed by atoms with E-state index in [1.54, 1.807) is 28.8 Å². The lowest BCUT2D eigenvalue weighted by molar-refractivity contribution is -0.119. The van der Waals surface area contributed by atoms with E-state index in [1.165, 1.54) is 0 Å². The highest BCUT2D eigenvalue weighted by Crippen LogP contribution is 2.17. The number of carbonyl (C=O) groups is 2. The summed E-state index contributed by atoms with van der Waals surface area (Å²) in [5.74, 6) is -0.274. The van der Waals surface area contributed by atoms with E-state index in [9.17, 15) is 14.4 Å². The number of aryl methyl sites for hydroxylation is 2. The van der Waals surface area contributed by atoms with E-state index in [-0.39, 0.29) is 11.1 Å². The lowest BCUT2D eigenvalue weighted by atomic mass is 10.1. The van der Waals surface area contributed by atoms with Crippen LogP contribution in [0.3, 0.4) is 0 Å². The third-order valence-electron chi connectivity index (χ3n) is 5.76. The van der Waals surface area contributed by atoms with Gasteiger partial charge in [-0.2, -0.15) is 0 Å². The summed E-state index contributed by atoms with van der Waals surface area (Å²) in [6.45, 7) is 2.32. The standard InChI is InChI=1S/C25H27N3O4/c1-2-17-8-7-9-19(14-17)26-23(29)16-32-25(31)18-11-12-20-21(15-18)27-22-10-5-3-4-6-13-28(22)24(20)30/h7-9,11-12,14-15H,2-6,10,13,16H2,1H3,(H,26,29). The van der Waals surface area contributed by atoms with Gasteiger partial charge in [0.25, 0.3) is 11.5 Å². The molecule has 0 atom stereocenters. The predicted molar refractivity (Wildman–Crippen MR) is 123 cm³/mol. The first-order chi connectivity index (χ1) is 15.5. The Labute approximate surface area is 186 Å². The van der Waals surface area contributed by atoms with Crippen molar-refractivity contribution in [2.24, 2.45) is 0 Å². The second-order valence-electron chi connectivity index (χ2n) is 8.06. The van der Waals surface area contributed by atoms with Crippen LogP contribution < -0.4 is 10.9 Å². The highest BCUT2D eigenvalue weighted by atomic mass is 16.5. The summed E-state index contributed by atoms with van der Waals surface area (Å²) in [5.41, 5.74) is 2.45. The number of anilines is 1. The molecule has 2 aromatic carbocycles. The van der Waals surface area contributed by atoms with Gasteiger partial charge in [-0.1, -0.05) is 31.9 Å². The summed E-state index contributed by atoms with van der Waals surface area (Å²) in [7, 11) is 0. The molecule has 1 aromatic heterocycles. The average Bonchev–Trinajstić information content (AvgIpc) is 2.78. The lowest BCUT2D eigenvalue weighted by Crippen LogP contribution is -2.26. The van der Waals surface area contributed by atoms with E-state index in [2.05, 4.69) is 10.3 Å². The minimum atomic E-state index is -0.627. The van der Waals surface area contributed by atoms with E-state index in [1.807, 2.05) is 25.1 Å². The van der Waals surface area contributed by atoms with Gasteiger partial charge < -0.3 is 10.1 Å². The smallest absolute Gasteiger partial charge is 0.338 e. The first-order valence-corrected chi connectivity index (χ1v) is 11.1. The van der Waals surface area contributed by atoms with Gasteiger partial charge in [-0.3, -0.25) is 14.2 Å². The molecule has 4 rings (SSSR count). The van der Waals surface area contributed by atoms with Gasteiger partial charge in [0.15, 0.2) is 6.61 Å². The van der Waals surface area contributed by atoms with Crippen molar-refractivity contribution < 1.29 is 14.3 Å². The molecule has 0 saturated carbocycles. The molecule has 32 heavy (non-hydrogen) atoms. The molecule has 0 spiro atoms. The minimum absolute atomic E-state index is 0.0690. The van der Waals surface area contributed by atoms with Crippen LogP contribution in [0.2, 0.25) is 0 Å². The van der Waals surface area contributed by atoms with E-state index < -0.39 is 18.5 Å². The number of ether oxygens (including phenoxy) is 1. The maximum atomic E-state index is 12.9. The fourth-order valence-electron chi connectivity index (χ4n) is 4.00. The number of aromatic nitrogens is 2. The van der Waals surface area contributed by atoms with Crippen molar-refractivity contribution >= 4 is 28.5 Å². The Morgan fingerprint density at radius 3 is 2.78 bits per heavy atom. The van der Waals surface area contributed by atoms with Crippen LogP contribution in [0.1, 0.15) is 54.4 Å². The number of amides is 1. The van der Waals surface area contributed by atoms with Crippen LogP contribution in [0.4, 0.5) is 5.69 Å². The molecule has 0 saturated heterocycles. The summed E-state index contributed by atoms with van der Waals surface area (Å²) >= 11 is 0. The number of fused-ring (bicyclic) bond motifs is 2. The molecule has 7 nitrogen and oxygen atoms in total. The zero-order valence-corrected chi connectivity index (χ0v) is 18.2. The molecule has 0 fully saturated rings. The van der Waals surface area contributed by atoms with Gasteiger partial charge in [0, 0.05) is 18.7 Å². The second-order valence-corrected chi connectivity index (χ2v) is 8.06. The van der Waals surface area contributed by atoms with Crippen LogP contribution in [0.5, 0.6) is 0 Å². The number of hydrogen-bond acceptors (Lipinski definition) is 5. The molecule has 3 aromatic rings. The summed E-state index contributed by atoms with van der Waals surface area (Å²) in [6.07, 6.45) is 5.82. The highest BCUT2D eigenvalue weighted by Gasteiger charge is 2.16. The Bertz CT molecular complexity index is 1220. The quantitative estimate of drug-likeness (QED) is 0.617. The van der Waals surface area contributed by atoms with Crippen molar-refractivity contribution in [3.8, 4) is 0 Å². The summed E-state index contributed by atoms with van der Waals surface area (Å²) in [6, 6.07) is 12.3. The Morgan fingerprint density at radius 1 is 1.09 bits per heavy atom. The first kappa shape index (κ1) is 21.7. The zero-order valence-electron chi connectivity index (χ0n) is 18.2. The summed E-state index contributed by atoms with van der Waals surface area (Å²) in [5, 5.41) is 3.22.